The maximum absolute atomic E-state index is 13.0. The van der Waals surface area contributed by atoms with Crippen LogP contribution in [0.4, 0.5) is 26.3 Å². The Labute approximate surface area is 148 Å². The van der Waals surface area contributed by atoms with Crippen LogP contribution >= 0.6 is 0 Å². The average Bonchev–Trinajstić information content (AvgIpc) is 2.54. The quantitative estimate of drug-likeness (QED) is 0.467. The molecule has 0 fully saturated rings. The zero-order chi connectivity index (χ0) is 20.4. The highest BCUT2D eigenvalue weighted by molar-refractivity contribution is 5.88. The molecule has 0 aliphatic rings. The lowest BCUT2D eigenvalue weighted by Crippen LogP contribution is -2.39. The van der Waals surface area contributed by atoms with Crippen LogP contribution in [0.25, 0.3) is 11.1 Å². The van der Waals surface area contributed by atoms with E-state index in [9.17, 15) is 26.3 Å². The molecule has 1 aromatic carbocycles. The third kappa shape index (κ3) is 4.88. The van der Waals surface area contributed by atoms with Gasteiger partial charge in [0.2, 0.25) is 5.84 Å². The number of ether oxygens (including phenoxy) is 2. The van der Waals surface area contributed by atoms with Gasteiger partial charge in [-0.2, -0.15) is 13.2 Å². The molecule has 0 saturated heterocycles. The molecule has 0 radical (unpaired) electrons. The smallest absolute Gasteiger partial charge is 0.406 e. The van der Waals surface area contributed by atoms with E-state index in [1.54, 1.807) is 0 Å². The van der Waals surface area contributed by atoms with Gasteiger partial charge in [-0.05, 0) is 29.8 Å². The van der Waals surface area contributed by atoms with Crippen molar-refractivity contribution in [2.45, 2.75) is 19.1 Å². The first-order valence-corrected chi connectivity index (χ1v) is 7.25. The van der Waals surface area contributed by atoms with E-state index in [4.69, 9.17) is 15.6 Å². The summed E-state index contributed by atoms with van der Waals surface area (Å²) in [5, 5.41) is 15.1. The largest absolute Gasteiger partial charge is 0.573 e. The first-order chi connectivity index (χ1) is 12.4. The Morgan fingerprint density at radius 2 is 1.59 bits per heavy atom. The molecule has 0 unspecified atom stereocenters. The number of benzene rings is 1. The second-order valence-corrected chi connectivity index (χ2v) is 5.27. The van der Waals surface area contributed by atoms with Crippen molar-refractivity contribution in [2.75, 3.05) is 7.11 Å². The van der Waals surface area contributed by atoms with E-state index in [-0.39, 0.29) is 23.4 Å². The Kier molecular flexibility index (Phi) is 5.64. The fraction of sp³-hybridized carbons (Fsp3) is 0.250. The van der Waals surface area contributed by atoms with Crippen LogP contribution in [0.5, 0.6) is 5.75 Å². The number of nitrogens with zero attached hydrogens (tertiary/aromatic N) is 1. The molecule has 0 amide bonds. The Morgan fingerprint density at radius 3 is 2.07 bits per heavy atom. The normalized spacial score (nSPS) is 12.1. The summed E-state index contributed by atoms with van der Waals surface area (Å²) in [6.45, 7) is -0.360. The summed E-state index contributed by atoms with van der Waals surface area (Å²) in [5.74, 6) is -2.27. The number of pyridine rings is 1. The number of nitrogens with one attached hydrogen (secondary N) is 2. The lowest BCUT2D eigenvalue weighted by atomic mass is 10.0. The maximum atomic E-state index is 13.0. The number of aromatic nitrogens is 1. The van der Waals surface area contributed by atoms with Crippen molar-refractivity contribution in [3.63, 3.8) is 0 Å². The van der Waals surface area contributed by atoms with Crippen LogP contribution < -0.4 is 10.2 Å². The molecule has 1 aromatic heterocycles. The highest BCUT2D eigenvalue weighted by Gasteiger charge is 2.37. The van der Waals surface area contributed by atoms with Gasteiger partial charge in [-0.25, -0.2) is 0 Å². The maximum Gasteiger partial charge on any atom is 0.573 e. The van der Waals surface area contributed by atoms with E-state index in [0.717, 1.165) is 18.2 Å². The predicted molar refractivity (Wildman–Crippen MR) is 82.3 cm³/mol. The van der Waals surface area contributed by atoms with Gasteiger partial charge in [0, 0.05) is 12.7 Å². The Balaban J connectivity index is 2.57. The highest BCUT2D eigenvalue weighted by Crippen LogP contribution is 2.29. The molecule has 2 rings (SSSR count). The Bertz CT molecular complexity index is 885. The molecule has 0 atom stereocenters. The number of methoxy groups -OCH3 is 1. The fourth-order valence-electron chi connectivity index (χ4n) is 2.36. The van der Waals surface area contributed by atoms with Gasteiger partial charge in [-0.15, -0.1) is 13.2 Å². The van der Waals surface area contributed by atoms with Crippen molar-refractivity contribution in [3.05, 3.63) is 47.6 Å². The molecule has 2 aromatic rings. The molecule has 5 nitrogen and oxygen atoms in total. The van der Waals surface area contributed by atoms with Gasteiger partial charge in [0.15, 0.2) is 0 Å². The van der Waals surface area contributed by atoms with Gasteiger partial charge in [0.1, 0.15) is 11.2 Å². The SMILES string of the molecule is COCc1c(-c2ccc(OC(F)(F)F)cc2)ccc(=N)n1C(=N)C(F)(F)F. The fourth-order valence-corrected chi connectivity index (χ4v) is 2.36. The van der Waals surface area contributed by atoms with Crippen LogP contribution in [-0.2, 0) is 11.3 Å². The van der Waals surface area contributed by atoms with E-state index in [1.165, 1.54) is 25.3 Å². The van der Waals surface area contributed by atoms with Crippen molar-refractivity contribution in [1.29, 1.82) is 10.8 Å². The molecule has 0 aliphatic heterocycles. The van der Waals surface area contributed by atoms with Gasteiger partial charge < -0.3 is 9.47 Å². The molecule has 0 bridgehead atoms. The molecule has 27 heavy (non-hydrogen) atoms. The molecular weight excluding hydrogens is 380 g/mol. The lowest BCUT2D eigenvalue weighted by molar-refractivity contribution is -0.274. The van der Waals surface area contributed by atoms with Gasteiger partial charge >= 0.3 is 12.5 Å². The molecular formula is C16H13F6N3O2. The van der Waals surface area contributed by atoms with Crippen molar-refractivity contribution < 1.29 is 35.8 Å². The second kappa shape index (κ2) is 7.43. The monoisotopic (exact) mass is 393 g/mol. The minimum atomic E-state index is -5.01. The molecule has 2 N–H and O–H groups in total. The highest BCUT2D eigenvalue weighted by atomic mass is 19.4. The third-order valence-electron chi connectivity index (χ3n) is 3.40. The molecule has 0 aliphatic carbocycles. The van der Waals surface area contributed by atoms with Crippen molar-refractivity contribution in [2.24, 2.45) is 0 Å². The molecule has 11 heteroatoms. The molecule has 146 valence electrons. The second-order valence-electron chi connectivity index (χ2n) is 5.27. The standard InChI is InChI=1S/C16H13F6N3O2/c1-26-8-12-11(6-7-13(23)25(12)14(24)15(17,18)19)9-2-4-10(5-3-9)27-16(20,21)22/h2-7,23-24H,8H2,1H3. The average molecular weight is 393 g/mol. The van der Waals surface area contributed by atoms with Gasteiger partial charge in [0.25, 0.3) is 0 Å². The minimum absolute atomic E-state index is 0.142. The first kappa shape index (κ1) is 20.5. The number of alkyl halides is 6. The summed E-state index contributed by atoms with van der Waals surface area (Å²) >= 11 is 0. The van der Waals surface area contributed by atoms with Gasteiger partial charge in [-0.3, -0.25) is 15.4 Å². The van der Waals surface area contributed by atoms with Crippen molar-refractivity contribution >= 4 is 5.84 Å². The number of hydrogen-bond donors (Lipinski definition) is 2. The molecule has 0 spiro atoms. The zero-order valence-electron chi connectivity index (χ0n) is 13.7. The zero-order valence-corrected chi connectivity index (χ0v) is 13.7. The van der Waals surface area contributed by atoms with E-state index in [1.807, 2.05) is 0 Å². The minimum Gasteiger partial charge on any atom is -0.406 e. The molecule has 1 heterocycles. The van der Waals surface area contributed by atoms with Crippen molar-refractivity contribution in [3.8, 4) is 16.9 Å². The summed E-state index contributed by atoms with van der Waals surface area (Å²) in [5.41, 5.74) is -0.303. The summed E-state index contributed by atoms with van der Waals surface area (Å²) in [6, 6.07) is 6.84. The van der Waals surface area contributed by atoms with E-state index in [0.29, 0.717) is 4.57 Å². The Hall–Kier alpha value is -2.82. The van der Waals surface area contributed by atoms with Crippen LogP contribution in [0.1, 0.15) is 5.69 Å². The van der Waals surface area contributed by atoms with Crippen LogP contribution in [0.2, 0.25) is 0 Å². The van der Waals surface area contributed by atoms with Gasteiger partial charge in [-0.1, -0.05) is 12.1 Å². The number of rotatable bonds is 4. The summed E-state index contributed by atoms with van der Waals surface area (Å²) in [6.07, 6.45) is -9.88. The third-order valence-corrected chi connectivity index (χ3v) is 3.40. The summed E-state index contributed by atoms with van der Waals surface area (Å²) < 4.78 is 84.7. The number of halogens is 6. The Morgan fingerprint density at radius 1 is 1.00 bits per heavy atom. The van der Waals surface area contributed by atoms with Crippen LogP contribution in [0.3, 0.4) is 0 Å². The summed E-state index contributed by atoms with van der Waals surface area (Å²) in [7, 11) is 1.22. The first-order valence-electron chi connectivity index (χ1n) is 7.25. The topological polar surface area (TPSA) is 71.1 Å². The van der Waals surface area contributed by atoms with Crippen LogP contribution in [0, 0.1) is 10.8 Å². The van der Waals surface area contributed by atoms with E-state index >= 15 is 0 Å². The summed E-state index contributed by atoms with van der Waals surface area (Å²) in [4.78, 5) is 0. The van der Waals surface area contributed by atoms with Gasteiger partial charge in [0.05, 0.1) is 12.3 Å². The van der Waals surface area contributed by atoms with Crippen molar-refractivity contribution in [1.82, 2.24) is 4.57 Å². The van der Waals surface area contributed by atoms with Crippen LogP contribution in [0.15, 0.2) is 36.4 Å². The lowest BCUT2D eigenvalue weighted by Gasteiger charge is -2.19. The van der Waals surface area contributed by atoms with E-state index < -0.39 is 29.6 Å². The van der Waals surface area contributed by atoms with E-state index in [2.05, 4.69) is 4.74 Å². The predicted octanol–water partition coefficient (Wildman–Crippen LogP) is 4.07. The molecule has 0 saturated carbocycles. The number of hydrogen-bond acceptors (Lipinski definition) is 4. The van der Waals surface area contributed by atoms with Crippen LogP contribution in [-0.4, -0.2) is 30.1 Å².